The molecular weight excluding hydrogens is 330 g/mol. The summed E-state index contributed by atoms with van der Waals surface area (Å²) in [6.07, 6.45) is 8.36. The summed E-state index contributed by atoms with van der Waals surface area (Å²) in [5.41, 5.74) is 0.888. The van der Waals surface area contributed by atoms with Gasteiger partial charge in [-0.25, -0.2) is 0 Å². The molecule has 0 unspecified atom stereocenters. The molecule has 0 N–H and O–H groups in total. The van der Waals surface area contributed by atoms with Gasteiger partial charge in [-0.2, -0.15) is 0 Å². The van der Waals surface area contributed by atoms with Crippen molar-refractivity contribution >= 4 is 27.3 Å². The second kappa shape index (κ2) is 7.09. The third-order valence-corrected chi connectivity index (χ3v) is 6.15. The van der Waals surface area contributed by atoms with E-state index >= 15 is 0 Å². The predicted octanol–water partition coefficient (Wildman–Crippen LogP) is 5.97. The average Bonchev–Trinajstić information content (AvgIpc) is 3.59. The largest absolute Gasteiger partial charge is 0.297 e. The highest BCUT2D eigenvalue weighted by atomic mass is 16.1. The highest BCUT2D eigenvalue weighted by Gasteiger charge is 2.38. The number of hydrogen-bond donors (Lipinski definition) is 0. The molecule has 0 saturated heterocycles. The number of ketones is 1. The van der Waals surface area contributed by atoms with E-state index in [0.717, 1.165) is 41.3 Å². The van der Waals surface area contributed by atoms with Crippen molar-refractivity contribution < 1.29 is 4.79 Å². The summed E-state index contributed by atoms with van der Waals surface area (Å²) in [6.45, 7) is 1.18. The Bertz CT molecular complexity index is 972. The van der Waals surface area contributed by atoms with Gasteiger partial charge in [-0.1, -0.05) is 42.5 Å². The van der Waals surface area contributed by atoms with Crippen LogP contribution < -0.4 is 0 Å². The molecule has 2 aliphatic rings. The fourth-order valence-electron chi connectivity index (χ4n) is 4.40. The minimum Gasteiger partial charge on any atom is -0.297 e. The van der Waals surface area contributed by atoms with Crippen LogP contribution >= 0.6 is 0 Å². The van der Waals surface area contributed by atoms with Crippen molar-refractivity contribution in [3.05, 3.63) is 60.2 Å². The second-order valence-corrected chi connectivity index (χ2v) is 8.31. The maximum absolute atomic E-state index is 12.9. The zero-order valence-electron chi connectivity index (χ0n) is 15.9. The summed E-state index contributed by atoms with van der Waals surface area (Å²) in [5.74, 6) is 0.292. The molecule has 0 atom stereocenters. The van der Waals surface area contributed by atoms with Gasteiger partial charge in [0.15, 0.2) is 5.78 Å². The molecule has 3 aromatic carbocycles. The molecule has 2 heteroatoms. The average molecular weight is 357 g/mol. The molecule has 0 spiro atoms. The summed E-state index contributed by atoms with van der Waals surface area (Å²) in [6, 6.07) is 20.6. The lowest BCUT2D eigenvalue weighted by atomic mass is 9.96. The maximum Gasteiger partial charge on any atom is 0.163 e. The minimum atomic E-state index is 0.292. The van der Waals surface area contributed by atoms with Gasteiger partial charge in [-0.05, 0) is 78.7 Å². The predicted molar refractivity (Wildman–Crippen MR) is 112 cm³/mol. The maximum atomic E-state index is 12.9. The molecule has 0 heterocycles. The van der Waals surface area contributed by atoms with Crippen LogP contribution in [0.15, 0.2) is 54.6 Å². The number of benzene rings is 3. The summed E-state index contributed by atoms with van der Waals surface area (Å²) >= 11 is 0. The molecule has 27 heavy (non-hydrogen) atoms. The highest BCUT2D eigenvalue weighted by molar-refractivity contribution is 6.11. The van der Waals surface area contributed by atoms with Gasteiger partial charge < -0.3 is 0 Å². The van der Waals surface area contributed by atoms with Crippen LogP contribution in [0.5, 0.6) is 0 Å². The van der Waals surface area contributed by atoms with Crippen LogP contribution in [-0.4, -0.2) is 29.3 Å². The Kier molecular flexibility index (Phi) is 4.45. The second-order valence-electron chi connectivity index (χ2n) is 8.31. The fraction of sp³-hybridized carbons (Fsp3) is 0.400. The number of carbonyl (C=O) groups excluding carboxylic acids is 1. The van der Waals surface area contributed by atoms with Gasteiger partial charge in [0.2, 0.25) is 0 Å². The number of Topliss-reactive ketones (excluding diaryl/α,β-unsaturated/α-hetero) is 1. The van der Waals surface area contributed by atoms with E-state index in [4.69, 9.17) is 0 Å². The highest BCUT2D eigenvalue weighted by Crippen LogP contribution is 2.37. The normalized spacial score (nSPS) is 17.1. The third kappa shape index (κ3) is 3.64. The molecule has 0 amide bonds. The topological polar surface area (TPSA) is 20.3 Å². The van der Waals surface area contributed by atoms with E-state index in [0.29, 0.717) is 12.2 Å². The van der Waals surface area contributed by atoms with Crippen molar-refractivity contribution in [2.24, 2.45) is 0 Å². The number of unbranched alkanes of at least 4 members (excludes halogenated alkanes) is 1. The molecule has 2 aliphatic carbocycles. The Morgan fingerprint density at radius 1 is 0.815 bits per heavy atom. The van der Waals surface area contributed by atoms with Gasteiger partial charge in [0.1, 0.15) is 0 Å². The van der Waals surface area contributed by atoms with Gasteiger partial charge in [-0.15, -0.1) is 0 Å². The lowest BCUT2D eigenvalue weighted by Crippen LogP contribution is -2.29. The van der Waals surface area contributed by atoms with Crippen LogP contribution in [0.3, 0.4) is 0 Å². The first-order valence-corrected chi connectivity index (χ1v) is 10.5. The zero-order chi connectivity index (χ0) is 18.2. The lowest BCUT2D eigenvalue weighted by Gasteiger charge is -2.21. The van der Waals surface area contributed by atoms with E-state index in [2.05, 4.69) is 47.4 Å². The zero-order valence-corrected chi connectivity index (χ0v) is 15.9. The molecule has 2 nitrogen and oxygen atoms in total. The van der Waals surface area contributed by atoms with Crippen LogP contribution in [0.2, 0.25) is 0 Å². The smallest absolute Gasteiger partial charge is 0.163 e. The van der Waals surface area contributed by atoms with Crippen LogP contribution in [0, 0.1) is 0 Å². The van der Waals surface area contributed by atoms with Gasteiger partial charge in [0.25, 0.3) is 0 Å². The first-order valence-electron chi connectivity index (χ1n) is 10.5. The van der Waals surface area contributed by atoms with E-state index in [1.165, 1.54) is 43.0 Å². The molecular formula is C25H27NO. The van der Waals surface area contributed by atoms with Crippen molar-refractivity contribution in [1.29, 1.82) is 0 Å². The fourth-order valence-corrected chi connectivity index (χ4v) is 4.40. The summed E-state index contributed by atoms with van der Waals surface area (Å²) in [5, 5.41) is 4.69. The molecule has 3 aromatic rings. The number of nitrogens with zero attached hydrogens (tertiary/aromatic N) is 1. The molecule has 0 bridgehead atoms. The summed E-state index contributed by atoms with van der Waals surface area (Å²) in [4.78, 5) is 15.6. The number of fused-ring (bicyclic) bond motifs is 2. The van der Waals surface area contributed by atoms with Crippen LogP contribution in [0.1, 0.15) is 55.3 Å². The van der Waals surface area contributed by atoms with Crippen molar-refractivity contribution in [3.63, 3.8) is 0 Å². The van der Waals surface area contributed by atoms with Crippen molar-refractivity contribution in [3.8, 4) is 0 Å². The van der Waals surface area contributed by atoms with Gasteiger partial charge in [0, 0.05) is 24.1 Å². The third-order valence-electron chi connectivity index (χ3n) is 6.15. The Morgan fingerprint density at radius 3 is 2.19 bits per heavy atom. The molecule has 2 fully saturated rings. The number of carbonyl (C=O) groups is 1. The van der Waals surface area contributed by atoms with Crippen molar-refractivity contribution in [1.82, 2.24) is 4.90 Å². The lowest BCUT2D eigenvalue weighted by molar-refractivity contribution is 0.0979. The Morgan fingerprint density at radius 2 is 1.48 bits per heavy atom. The minimum absolute atomic E-state index is 0.292. The Balaban J connectivity index is 1.28. The summed E-state index contributed by atoms with van der Waals surface area (Å²) in [7, 11) is 0. The van der Waals surface area contributed by atoms with Gasteiger partial charge >= 0.3 is 0 Å². The molecule has 5 rings (SSSR count). The van der Waals surface area contributed by atoms with E-state index in [-0.39, 0.29) is 0 Å². The van der Waals surface area contributed by atoms with Crippen LogP contribution in [0.4, 0.5) is 0 Å². The van der Waals surface area contributed by atoms with E-state index in [9.17, 15) is 4.79 Å². The quantitative estimate of drug-likeness (QED) is 0.281. The van der Waals surface area contributed by atoms with E-state index in [1.54, 1.807) is 0 Å². The van der Waals surface area contributed by atoms with E-state index in [1.807, 2.05) is 12.1 Å². The number of rotatable bonds is 8. The molecule has 0 aromatic heterocycles. The number of hydrogen-bond acceptors (Lipinski definition) is 2. The molecule has 0 radical (unpaired) electrons. The summed E-state index contributed by atoms with van der Waals surface area (Å²) < 4.78 is 0. The Labute approximate surface area is 161 Å². The van der Waals surface area contributed by atoms with Crippen molar-refractivity contribution in [2.45, 2.75) is 57.0 Å². The molecule has 138 valence electrons. The van der Waals surface area contributed by atoms with Crippen LogP contribution in [0.25, 0.3) is 21.5 Å². The molecule has 2 saturated carbocycles. The van der Waals surface area contributed by atoms with Gasteiger partial charge in [0.05, 0.1) is 0 Å². The van der Waals surface area contributed by atoms with Gasteiger partial charge in [-0.3, -0.25) is 9.69 Å². The SMILES string of the molecule is O=C(CCCCN(C1CC1)C1CC1)c1cccc2cc3ccccc3cc12. The van der Waals surface area contributed by atoms with Crippen LogP contribution in [-0.2, 0) is 0 Å². The van der Waals surface area contributed by atoms with E-state index < -0.39 is 0 Å². The monoisotopic (exact) mass is 357 g/mol. The molecule has 0 aliphatic heterocycles. The Hall–Kier alpha value is -2.19. The van der Waals surface area contributed by atoms with Crippen molar-refractivity contribution in [2.75, 3.05) is 6.54 Å². The first-order chi connectivity index (χ1) is 13.3. The first kappa shape index (κ1) is 16.9. The standard InChI is InChI=1S/C25H27NO/c27-25(10-3-4-15-26(21-11-12-21)22-13-14-22)23-9-5-8-20-16-18-6-1-2-7-19(18)17-24(20)23/h1-2,5-9,16-17,21-22H,3-4,10-15H2.